The molecule has 2 saturated carbocycles. The van der Waals surface area contributed by atoms with E-state index in [0.29, 0.717) is 49.2 Å². The van der Waals surface area contributed by atoms with E-state index in [9.17, 15) is 35.2 Å². The van der Waals surface area contributed by atoms with Gasteiger partial charge in [0.25, 0.3) is 0 Å². The number of benzene rings is 2. The van der Waals surface area contributed by atoms with E-state index >= 15 is 17.6 Å². The Labute approximate surface area is 379 Å². The molecule has 2 aliphatic rings. The average Bonchev–Trinajstić information content (AvgIpc) is 3.20. The monoisotopic (exact) mass is 992 g/mol. The zero-order valence-electron chi connectivity index (χ0n) is 35.4. The zero-order valence-corrected chi connectivity index (χ0v) is 38.7. The fourth-order valence-corrected chi connectivity index (χ4v) is 10.7. The Kier molecular flexibility index (Phi) is 22.1. The first-order valence-corrected chi connectivity index (χ1v) is 26.4. The Bertz CT molecular complexity index is 1960. The van der Waals surface area contributed by atoms with Crippen LogP contribution in [0.4, 0.5) is 37.7 Å². The Morgan fingerprint density at radius 1 is 0.516 bits per heavy atom. The Hall–Kier alpha value is -3.00. The number of sulfonamides is 2. The molecule has 0 bridgehead atoms. The van der Waals surface area contributed by atoms with Crippen LogP contribution in [0.5, 0.6) is 0 Å². The van der Waals surface area contributed by atoms with Crippen molar-refractivity contribution >= 4 is 66.8 Å². The van der Waals surface area contributed by atoms with Crippen molar-refractivity contribution in [2.24, 2.45) is 10.3 Å². The molecule has 362 valence electrons. The second-order valence-electron chi connectivity index (χ2n) is 15.5. The molecular weight excluding hydrogens is 935 g/mol. The van der Waals surface area contributed by atoms with Crippen molar-refractivity contribution in [3.63, 3.8) is 0 Å². The largest absolute Gasteiger partial charge is 0.379 e. The lowest BCUT2D eigenvalue weighted by Gasteiger charge is -2.24. The lowest BCUT2D eigenvalue weighted by atomic mass is 9.96. The average molecular weight is 993 g/mol. The predicted octanol–water partition coefficient (Wildman–Crippen LogP) is 6.80. The molecule has 4 rings (SSSR count). The molecule has 24 heteroatoms. The summed E-state index contributed by atoms with van der Waals surface area (Å²) in [7, 11) is -9.67. The Morgan fingerprint density at radius 3 is 1.17 bits per heavy atom. The van der Waals surface area contributed by atoms with Crippen molar-refractivity contribution in [1.82, 2.24) is 10.6 Å². The van der Waals surface area contributed by atoms with Gasteiger partial charge >= 0.3 is 0 Å². The second-order valence-corrected chi connectivity index (χ2v) is 20.7. The number of ether oxygens (including phenoxy) is 2. The minimum atomic E-state index is -4.84. The van der Waals surface area contributed by atoms with Crippen molar-refractivity contribution in [3.05, 3.63) is 34.9 Å². The standard InChI is InChI=1S/C40H58F6N6O8S4/c41-29-31(43)39(63(47,55)56)35(51-25-11-7-3-1-4-8-12-25)33(45)37(29)61-23-17-49-27(53)15-19-59-21-22-60-20-16-28(54)50-18-24-62-38-30(42)32(44)40(64(48,57)58)36(34(38)46)52-26-13-9-5-2-6-10-14-26/h25-26,51-52H,1-24H2,(H,49,53)(H,50,54)(H2,47,55,56)(H2,48,57,58). The maximum Gasteiger partial charge on any atom is 0.243 e. The summed E-state index contributed by atoms with van der Waals surface area (Å²) in [4.78, 5) is 20.5. The summed E-state index contributed by atoms with van der Waals surface area (Å²) < 4.78 is 151. The molecule has 64 heavy (non-hydrogen) atoms. The number of anilines is 2. The first-order chi connectivity index (χ1) is 30.4. The lowest BCUT2D eigenvalue weighted by Crippen LogP contribution is -2.27. The number of hydrogen-bond acceptors (Lipinski definition) is 12. The highest BCUT2D eigenvalue weighted by Crippen LogP contribution is 2.40. The van der Waals surface area contributed by atoms with Crippen molar-refractivity contribution in [1.29, 1.82) is 0 Å². The highest BCUT2D eigenvalue weighted by atomic mass is 32.2. The molecule has 0 radical (unpaired) electrons. The van der Waals surface area contributed by atoms with Crippen molar-refractivity contribution < 1.29 is 62.2 Å². The maximum atomic E-state index is 15.7. The van der Waals surface area contributed by atoms with E-state index in [4.69, 9.17) is 19.8 Å². The number of amides is 2. The van der Waals surface area contributed by atoms with Gasteiger partial charge in [0.15, 0.2) is 34.9 Å². The summed E-state index contributed by atoms with van der Waals surface area (Å²) >= 11 is 1.13. The van der Waals surface area contributed by atoms with E-state index < -0.39 is 97.7 Å². The molecule has 0 unspecified atom stereocenters. The van der Waals surface area contributed by atoms with E-state index in [1.165, 1.54) is 0 Å². The van der Waals surface area contributed by atoms with Crippen LogP contribution in [0.15, 0.2) is 19.6 Å². The van der Waals surface area contributed by atoms with E-state index in [-0.39, 0.29) is 75.9 Å². The van der Waals surface area contributed by atoms with E-state index in [2.05, 4.69) is 21.3 Å². The lowest BCUT2D eigenvalue weighted by molar-refractivity contribution is -0.123. The number of nitrogens with two attached hydrogens (primary N) is 2. The maximum absolute atomic E-state index is 15.7. The molecule has 2 amide bonds. The van der Waals surface area contributed by atoms with Gasteiger partial charge in [-0.25, -0.2) is 53.5 Å². The highest BCUT2D eigenvalue weighted by molar-refractivity contribution is 7.99. The predicted molar refractivity (Wildman–Crippen MR) is 233 cm³/mol. The van der Waals surface area contributed by atoms with Gasteiger partial charge in [-0.3, -0.25) is 9.59 Å². The van der Waals surface area contributed by atoms with Crippen molar-refractivity contribution in [2.45, 2.75) is 134 Å². The van der Waals surface area contributed by atoms with Gasteiger partial charge in [-0.1, -0.05) is 64.2 Å². The van der Waals surface area contributed by atoms with Gasteiger partial charge < -0.3 is 30.7 Å². The molecule has 0 aliphatic heterocycles. The smallest absolute Gasteiger partial charge is 0.243 e. The van der Waals surface area contributed by atoms with Gasteiger partial charge in [-0.15, -0.1) is 23.5 Å². The fraction of sp³-hybridized carbons (Fsp3) is 0.650. The summed E-state index contributed by atoms with van der Waals surface area (Å²) in [5, 5.41) is 21.0. The summed E-state index contributed by atoms with van der Waals surface area (Å²) in [6.45, 7) is 0.0209. The molecule has 14 nitrogen and oxygen atoms in total. The quantitative estimate of drug-likeness (QED) is 0.0293. The third kappa shape index (κ3) is 16.4. The van der Waals surface area contributed by atoms with Crippen molar-refractivity contribution in [2.75, 3.05) is 61.7 Å². The molecule has 2 aliphatic carbocycles. The molecule has 0 heterocycles. The third-order valence-corrected chi connectivity index (χ3v) is 14.6. The topological polar surface area (TPSA) is 221 Å². The van der Waals surface area contributed by atoms with Crippen LogP contribution < -0.4 is 31.5 Å². The van der Waals surface area contributed by atoms with Gasteiger partial charge in [-0.2, -0.15) is 0 Å². The third-order valence-electron chi connectivity index (χ3n) is 10.6. The van der Waals surface area contributed by atoms with Crippen LogP contribution >= 0.6 is 23.5 Å². The summed E-state index contributed by atoms with van der Waals surface area (Å²) in [5.41, 5.74) is -1.41. The highest BCUT2D eigenvalue weighted by Gasteiger charge is 2.34. The number of carbonyl (C=O) groups excluding carboxylic acids is 2. The van der Waals surface area contributed by atoms with E-state index in [0.717, 1.165) is 64.2 Å². The minimum Gasteiger partial charge on any atom is -0.379 e. The number of halogens is 6. The molecule has 0 atom stereocenters. The van der Waals surface area contributed by atoms with Crippen LogP contribution in [0.25, 0.3) is 0 Å². The summed E-state index contributed by atoms with van der Waals surface area (Å²) in [6, 6.07) is -0.725. The van der Waals surface area contributed by atoms with Gasteiger partial charge in [0.1, 0.15) is 9.79 Å². The fourth-order valence-electron chi connectivity index (χ4n) is 7.41. The Balaban J connectivity index is 1.12. The number of hydrogen-bond donors (Lipinski definition) is 6. The first kappa shape index (κ1) is 53.6. The van der Waals surface area contributed by atoms with Crippen LogP contribution in [-0.2, 0) is 39.1 Å². The van der Waals surface area contributed by atoms with E-state index in [1.54, 1.807) is 0 Å². The molecular formula is C40H58F6N6O8S4. The van der Waals surface area contributed by atoms with Crippen molar-refractivity contribution in [3.8, 4) is 0 Å². The number of nitrogens with one attached hydrogen (secondary N) is 4. The molecule has 0 saturated heterocycles. The number of rotatable bonds is 23. The van der Waals surface area contributed by atoms with Crippen LogP contribution in [0.2, 0.25) is 0 Å². The Morgan fingerprint density at radius 2 is 0.844 bits per heavy atom. The first-order valence-electron chi connectivity index (χ1n) is 21.4. The zero-order chi connectivity index (χ0) is 46.9. The molecule has 2 aromatic carbocycles. The van der Waals surface area contributed by atoms with Crippen LogP contribution in [0.1, 0.15) is 103 Å². The van der Waals surface area contributed by atoms with E-state index in [1.807, 2.05) is 0 Å². The molecule has 8 N–H and O–H groups in total. The SMILES string of the molecule is NS(=O)(=O)c1c(F)c(F)c(SCCNC(=O)CCOCCOCCC(=O)NCCSc2c(F)c(F)c(S(N)(=O)=O)c(NC3CCCCCCC3)c2F)c(F)c1NC1CCCCCCC1. The minimum absolute atomic E-state index is 0.00579. The summed E-state index contributed by atoms with van der Waals surface area (Å²) in [6.07, 6.45) is 11.3. The van der Waals surface area contributed by atoms with Gasteiger partial charge in [0, 0.05) is 49.5 Å². The number of carbonyl (C=O) groups is 2. The summed E-state index contributed by atoms with van der Waals surface area (Å²) in [5.74, 6) is -10.6. The number of primary sulfonamides is 2. The molecule has 0 spiro atoms. The van der Waals surface area contributed by atoms with Gasteiger partial charge in [0.2, 0.25) is 31.9 Å². The normalized spacial score (nSPS) is 16.1. The number of thioether (sulfide) groups is 2. The van der Waals surface area contributed by atoms with Gasteiger partial charge in [0.05, 0.1) is 47.6 Å². The second kappa shape index (κ2) is 26.4. The van der Waals surface area contributed by atoms with Crippen LogP contribution in [-0.4, -0.2) is 91.8 Å². The molecule has 2 aromatic rings. The molecule has 2 fully saturated rings. The van der Waals surface area contributed by atoms with Crippen LogP contribution in [0, 0.1) is 34.9 Å². The molecule has 0 aromatic heterocycles. The van der Waals surface area contributed by atoms with Gasteiger partial charge in [-0.05, 0) is 25.7 Å². The van der Waals surface area contributed by atoms with Crippen LogP contribution in [0.3, 0.4) is 0 Å².